The molecule has 0 amide bonds. The third kappa shape index (κ3) is 5.19. The number of hydrogen-bond donors (Lipinski definition) is 0. The Labute approximate surface area is 314 Å². The molecule has 0 aliphatic heterocycles. The number of thiophene rings is 1. The summed E-state index contributed by atoms with van der Waals surface area (Å²) >= 11 is 1.80. The molecule has 10 aromatic rings. The molecule has 0 aliphatic rings. The van der Waals surface area contributed by atoms with Crippen molar-refractivity contribution in [2.45, 2.75) is 0 Å². The molecular formula is C47H26N6S. The van der Waals surface area contributed by atoms with E-state index in [-0.39, 0.29) is 0 Å². The van der Waals surface area contributed by atoms with E-state index in [0.29, 0.717) is 28.7 Å². The molecule has 0 spiro atoms. The van der Waals surface area contributed by atoms with Crippen molar-refractivity contribution >= 4 is 59.0 Å². The van der Waals surface area contributed by atoms with Crippen molar-refractivity contribution in [2.75, 3.05) is 0 Å². The summed E-state index contributed by atoms with van der Waals surface area (Å²) in [6.45, 7) is 7.74. The van der Waals surface area contributed by atoms with Gasteiger partial charge >= 0.3 is 0 Å². The van der Waals surface area contributed by atoms with E-state index in [1.54, 1.807) is 11.3 Å². The molecule has 54 heavy (non-hydrogen) atoms. The second-order valence-corrected chi connectivity index (χ2v) is 14.2. The van der Waals surface area contributed by atoms with Crippen LogP contribution in [0.4, 0.5) is 5.69 Å². The predicted molar refractivity (Wildman–Crippen MR) is 220 cm³/mol. The molecule has 3 aromatic heterocycles. The van der Waals surface area contributed by atoms with Gasteiger partial charge < -0.3 is 4.57 Å². The highest BCUT2D eigenvalue weighted by molar-refractivity contribution is 7.25. The van der Waals surface area contributed by atoms with Crippen LogP contribution in [0.5, 0.6) is 0 Å². The molecule has 10 rings (SSSR count). The van der Waals surface area contributed by atoms with Crippen molar-refractivity contribution in [1.29, 1.82) is 5.26 Å². The highest BCUT2D eigenvalue weighted by atomic mass is 32.1. The van der Waals surface area contributed by atoms with E-state index < -0.39 is 0 Å². The van der Waals surface area contributed by atoms with E-state index in [0.717, 1.165) is 55.3 Å². The molecule has 3 heterocycles. The van der Waals surface area contributed by atoms with Crippen LogP contribution < -0.4 is 0 Å². The van der Waals surface area contributed by atoms with E-state index >= 15 is 0 Å². The van der Waals surface area contributed by atoms with E-state index in [9.17, 15) is 5.26 Å². The Hall–Kier alpha value is -7.45. The van der Waals surface area contributed by atoms with Crippen molar-refractivity contribution in [3.8, 4) is 57.0 Å². The van der Waals surface area contributed by atoms with Crippen LogP contribution in [0.2, 0.25) is 0 Å². The lowest BCUT2D eigenvalue weighted by Gasteiger charge is -2.16. The summed E-state index contributed by atoms with van der Waals surface area (Å²) in [5.41, 5.74) is 8.49. The fraction of sp³-hybridized carbons (Fsp3) is 0. The summed E-state index contributed by atoms with van der Waals surface area (Å²) in [7, 11) is 0. The van der Waals surface area contributed by atoms with Crippen molar-refractivity contribution in [3.05, 3.63) is 175 Å². The highest BCUT2D eigenvalue weighted by Crippen LogP contribution is 2.41. The lowest BCUT2D eigenvalue weighted by atomic mass is 9.99. The molecule has 0 saturated heterocycles. The SMILES string of the molecule is [C-]#[N+]c1ccc2c(c1)c1cc(C#N)ccc1n2-c1ccc(-c2ccc3c(c2)sc2ccccc23)cc1-c1nc(-c2ccccc2)nc(-c2ccccc2)n1. The summed E-state index contributed by atoms with van der Waals surface area (Å²) in [5, 5.41) is 14.1. The first kappa shape index (κ1) is 31.3. The van der Waals surface area contributed by atoms with Gasteiger partial charge in [-0.25, -0.2) is 19.8 Å². The van der Waals surface area contributed by atoms with Crippen molar-refractivity contribution in [3.63, 3.8) is 0 Å². The molecule has 0 radical (unpaired) electrons. The Balaban J connectivity index is 1.28. The molecule has 7 heteroatoms. The van der Waals surface area contributed by atoms with Crippen molar-refractivity contribution < 1.29 is 0 Å². The Morgan fingerprint density at radius 2 is 1.13 bits per heavy atom. The normalized spacial score (nSPS) is 11.3. The zero-order valence-electron chi connectivity index (χ0n) is 28.6. The first-order valence-corrected chi connectivity index (χ1v) is 18.3. The number of fused-ring (bicyclic) bond motifs is 6. The quantitative estimate of drug-likeness (QED) is 0.167. The molecular weight excluding hydrogens is 681 g/mol. The Morgan fingerprint density at radius 1 is 0.519 bits per heavy atom. The number of benzene rings is 7. The first-order chi connectivity index (χ1) is 26.6. The van der Waals surface area contributed by atoms with Gasteiger partial charge in [0, 0.05) is 42.2 Å². The van der Waals surface area contributed by atoms with Gasteiger partial charge in [-0.3, -0.25) is 0 Å². The van der Waals surface area contributed by atoms with Crippen LogP contribution >= 0.6 is 11.3 Å². The second kappa shape index (κ2) is 12.6. The summed E-state index contributed by atoms with van der Waals surface area (Å²) in [5.74, 6) is 1.68. The van der Waals surface area contributed by atoms with Crippen molar-refractivity contribution in [2.24, 2.45) is 0 Å². The number of hydrogen-bond acceptors (Lipinski definition) is 5. The van der Waals surface area contributed by atoms with E-state index in [1.807, 2.05) is 97.1 Å². The van der Waals surface area contributed by atoms with Crippen LogP contribution in [-0.2, 0) is 0 Å². The van der Waals surface area contributed by atoms with Gasteiger partial charge in [-0.1, -0.05) is 103 Å². The molecule has 0 unspecified atom stereocenters. The van der Waals surface area contributed by atoms with Gasteiger partial charge in [-0.15, -0.1) is 11.3 Å². The summed E-state index contributed by atoms with van der Waals surface area (Å²) in [6.07, 6.45) is 0. The minimum atomic E-state index is 0.531. The van der Waals surface area contributed by atoms with Gasteiger partial charge in [0.2, 0.25) is 0 Å². The lowest BCUT2D eigenvalue weighted by Crippen LogP contribution is -2.04. The third-order valence-corrected chi connectivity index (χ3v) is 11.0. The number of aromatic nitrogens is 4. The molecule has 0 atom stereocenters. The minimum absolute atomic E-state index is 0.531. The Bertz CT molecular complexity index is 3060. The van der Waals surface area contributed by atoms with Crippen LogP contribution in [0.3, 0.4) is 0 Å². The summed E-state index contributed by atoms with van der Waals surface area (Å²) < 4.78 is 4.69. The number of nitriles is 1. The first-order valence-electron chi connectivity index (χ1n) is 17.4. The minimum Gasteiger partial charge on any atom is -0.309 e. The molecule has 0 N–H and O–H groups in total. The maximum absolute atomic E-state index is 9.85. The topological polar surface area (TPSA) is 71.8 Å². The maximum atomic E-state index is 9.85. The third-order valence-electron chi connectivity index (χ3n) is 9.90. The lowest BCUT2D eigenvalue weighted by molar-refractivity contribution is 1.06. The molecule has 0 fully saturated rings. The average molecular weight is 707 g/mol. The molecule has 0 aliphatic carbocycles. The fourth-order valence-electron chi connectivity index (χ4n) is 7.33. The van der Waals surface area contributed by atoms with Crippen LogP contribution in [0, 0.1) is 17.9 Å². The number of nitrogens with zero attached hydrogens (tertiary/aromatic N) is 6. The van der Waals surface area contributed by atoms with Gasteiger partial charge in [-0.2, -0.15) is 5.26 Å². The van der Waals surface area contributed by atoms with Crippen LogP contribution in [0.25, 0.3) is 97.8 Å². The Morgan fingerprint density at radius 3 is 1.85 bits per heavy atom. The molecule has 6 nitrogen and oxygen atoms in total. The van der Waals surface area contributed by atoms with Crippen LogP contribution in [0.1, 0.15) is 5.56 Å². The summed E-state index contributed by atoms with van der Waals surface area (Å²) in [6, 6.07) is 55.4. The standard InChI is InChI=1S/C47H26N6S/c1-49-34-19-23-41-38(27-34)37-24-29(28-48)16-21-40(37)53(41)42-22-18-32(33-17-20-36-35-14-8-9-15-43(35)54-44(36)26-33)25-39(42)47-51-45(30-10-4-2-5-11-30)50-46(52-47)31-12-6-3-7-13-31/h2-27H. The largest absolute Gasteiger partial charge is 0.309 e. The second-order valence-electron chi connectivity index (χ2n) is 13.1. The van der Waals surface area contributed by atoms with E-state index in [2.05, 4.69) is 76.1 Å². The van der Waals surface area contributed by atoms with Crippen molar-refractivity contribution in [1.82, 2.24) is 19.5 Å². The highest BCUT2D eigenvalue weighted by Gasteiger charge is 2.21. The average Bonchev–Trinajstić information content (AvgIpc) is 3.78. The predicted octanol–water partition coefficient (Wildman–Crippen LogP) is 12.4. The van der Waals surface area contributed by atoms with E-state index in [4.69, 9.17) is 21.5 Å². The zero-order chi connectivity index (χ0) is 36.2. The van der Waals surface area contributed by atoms with Gasteiger partial charge in [-0.05, 0) is 71.1 Å². The molecule has 7 aromatic carbocycles. The van der Waals surface area contributed by atoms with Gasteiger partial charge in [0.15, 0.2) is 23.2 Å². The Kier molecular flexibility index (Phi) is 7.33. The maximum Gasteiger partial charge on any atom is 0.188 e. The van der Waals surface area contributed by atoms with Crippen LogP contribution in [0.15, 0.2) is 158 Å². The summed E-state index contributed by atoms with van der Waals surface area (Å²) in [4.78, 5) is 19.1. The monoisotopic (exact) mass is 706 g/mol. The smallest absolute Gasteiger partial charge is 0.188 e. The fourth-order valence-corrected chi connectivity index (χ4v) is 8.48. The molecule has 0 bridgehead atoms. The van der Waals surface area contributed by atoms with E-state index in [1.165, 1.54) is 20.2 Å². The van der Waals surface area contributed by atoms with Gasteiger partial charge in [0.25, 0.3) is 0 Å². The zero-order valence-corrected chi connectivity index (χ0v) is 29.4. The number of rotatable bonds is 5. The molecule has 250 valence electrons. The molecule has 0 saturated carbocycles. The van der Waals surface area contributed by atoms with Crippen LogP contribution in [-0.4, -0.2) is 19.5 Å². The van der Waals surface area contributed by atoms with Gasteiger partial charge in [0.05, 0.1) is 34.9 Å². The van der Waals surface area contributed by atoms with Gasteiger partial charge in [0.1, 0.15) is 0 Å².